The van der Waals surface area contributed by atoms with E-state index in [1.54, 1.807) is 0 Å². The molecule has 0 amide bonds. The Morgan fingerprint density at radius 3 is 2.62 bits per heavy atom. The van der Waals surface area contributed by atoms with Crippen molar-refractivity contribution < 1.29 is 13.5 Å². The molecular formula is C13H14F2O. The molecule has 0 unspecified atom stereocenters. The van der Waals surface area contributed by atoms with Gasteiger partial charge in [-0.1, -0.05) is 25.7 Å². The van der Waals surface area contributed by atoms with Crippen molar-refractivity contribution in [3.63, 3.8) is 0 Å². The summed E-state index contributed by atoms with van der Waals surface area (Å²) in [6, 6.07) is 1.97. The monoisotopic (exact) mass is 224 g/mol. The normalized spacial score (nSPS) is 9.88. The predicted molar refractivity (Wildman–Crippen MR) is 59.3 cm³/mol. The van der Waals surface area contributed by atoms with E-state index < -0.39 is 11.6 Å². The summed E-state index contributed by atoms with van der Waals surface area (Å²) in [6.07, 6.45) is 7.90. The quantitative estimate of drug-likeness (QED) is 0.549. The van der Waals surface area contributed by atoms with Gasteiger partial charge in [-0.2, -0.15) is 0 Å². The third-order valence-corrected chi connectivity index (χ3v) is 2.18. The minimum Gasteiger partial charge on any atom is -0.490 e. The lowest BCUT2D eigenvalue weighted by atomic mass is 10.2. The van der Waals surface area contributed by atoms with Crippen molar-refractivity contribution in [1.82, 2.24) is 0 Å². The second-order valence-corrected chi connectivity index (χ2v) is 3.46. The zero-order valence-corrected chi connectivity index (χ0v) is 9.22. The summed E-state index contributed by atoms with van der Waals surface area (Å²) in [5.74, 6) is 0.743. The van der Waals surface area contributed by atoms with Crippen LogP contribution in [0.1, 0.15) is 31.7 Å². The molecule has 0 aromatic heterocycles. The number of rotatable bonds is 5. The van der Waals surface area contributed by atoms with Crippen molar-refractivity contribution >= 4 is 0 Å². The van der Waals surface area contributed by atoms with E-state index in [4.69, 9.17) is 11.2 Å². The van der Waals surface area contributed by atoms with Gasteiger partial charge in [0.05, 0.1) is 12.2 Å². The first-order valence-corrected chi connectivity index (χ1v) is 5.27. The van der Waals surface area contributed by atoms with Gasteiger partial charge in [-0.3, -0.25) is 0 Å². The highest BCUT2D eigenvalue weighted by atomic mass is 19.1. The SMILES string of the molecule is C#Cc1cc(F)c(OCCCCC)cc1F. The molecule has 0 saturated heterocycles. The Balaban J connectivity index is 2.67. The molecule has 16 heavy (non-hydrogen) atoms. The van der Waals surface area contributed by atoms with Crippen LogP contribution in [0, 0.1) is 24.0 Å². The molecule has 1 aromatic carbocycles. The molecule has 0 radical (unpaired) electrons. The zero-order valence-electron chi connectivity index (χ0n) is 9.22. The Kier molecular flexibility index (Phi) is 4.78. The van der Waals surface area contributed by atoms with Crippen molar-refractivity contribution in [3.05, 3.63) is 29.3 Å². The summed E-state index contributed by atoms with van der Waals surface area (Å²) in [6.45, 7) is 2.45. The van der Waals surface area contributed by atoms with Crippen LogP contribution in [-0.4, -0.2) is 6.61 Å². The molecule has 3 heteroatoms. The first-order valence-electron chi connectivity index (χ1n) is 5.27. The molecule has 0 atom stereocenters. The van der Waals surface area contributed by atoms with Gasteiger partial charge in [0.25, 0.3) is 0 Å². The largest absolute Gasteiger partial charge is 0.490 e. The summed E-state index contributed by atoms with van der Waals surface area (Å²) in [5.41, 5.74) is -0.0848. The molecule has 0 aliphatic carbocycles. The van der Waals surface area contributed by atoms with E-state index >= 15 is 0 Å². The standard InChI is InChI=1S/C13H14F2O/c1-3-5-6-7-16-13-9-11(14)10(4-2)8-12(13)15/h2,8-9H,3,5-7H2,1H3. The van der Waals surface area contributed by atoms with Crippen LogP contribution in [0.3, 0.4) is 0 Å². The van der Waals surface area contributed by atoms with Crippen molar-refractivity contribution in [3.8, 4) is 18.1 Å². The number of benzene rings is 1. The molecular weight excluding hydrogens is 210 g/mol. The predicted octanol–water partition coefficient (Wildman–Crippen LogP) is 3.52. The third kappa shape index (κ3) is 3.23. The summed E-state index contributed by atoms with van der Waals surface area (Å²) in [7, 11) is 0. The van der Waals surface area contributed by atoms with Crippen LogP contribution in [0.4, 0.5) is 8.78 Å². The van der Waals surface area contributed by atoms with Crippen LogP contribution in [0.2, 0.25) is 0 Å². The average Bonchev–Trinajstić information content (AvgIpc) is 2.28. The number of terminal acetylenes is 1. The fourth-order valence-electron chi connectivity index (χ4n) is 1.28. The van der Waals surface area contributed by atoms with Gasteiger partial charge in [0.2, 0.25) is 0 Å². The number of ether oxygens (including phenoxy) is 1. The Bertz CT molecular complexity index is 394. The lowest BCUT2D eigenvalue weighted by Crippen LogP contribution is -2.00. The van der Waals surface area contributed by atoms with Crippen LogP contribution < -0.4 is 4.74 Å². The van der Waals surface area contributed by atoms with E-state index in [0.717, 1.165) is 31.4 Å². The zero-order chi connectivity index (χ0) is 12.0. The molecule has 1 aromatic rings. The molecule has 0 saturated carbocycles. The highest BCUT2D eigenvalue weighted by Crippen LogP contribution is 2.21. The van der Waals surface area contributed by atoms with Crippen LogP contribution in [0.15, 0.2) is 12.1 Å². The topological polar surface area (TPSA) is 9.23 Å². The number of hydrogen-bond donors (Lipinski definition) is 0. The summed E-state index contributed by atoms with van der Waals surface area (Å²) in [4.78, 5) is 0. The molecule has 0 heterocycles. The van der Waals surface area contributed by atoms with Gasteiger partial charge >= 0.3 is 0 Å². The summed E-state index contributed by atoms with van der Waals surface area (Å²) < 4.78 is 31.7. The highest BCUT2D eigenvalue weighted by Gasteiger charge is 2.09. The first kappa shape index (κ1) is 12.5. The van der Waals surface area contributed by atoms with Crippen LogP contribution >= 0.6 is 0 Å². The molecule has 0 aliphatic rings. The molecule has 0 fully saturated rings. The maximum atomic E-state index is 13.3. The van der Waals surface area contributed by atoms with Crippen molar-refractivity contribution in [2.75, 3.05) is 6.61 Å². The molecule has 1 rings (SSSR count). The van der Waals surface area contributed by atoms with Gasteiger partial charge < -0.3 is 4.74 Å². The Hall–Kier alpha value is -1.56. The van der Waals surface area contributed by atoms with E-state index in [9.17, 15) is 8.78 Å². The second kappa shape index (κ2) is 6.12. The lowest BCUT2D eigenvalue weighted by Gasteiger charge is -2.07. The molecule has 0 bridgehead atoms. The molecule has 0 N–H and O–H groups in total. The minimum atomic E-state index is -0.630. The highest BCUT2D eigenvalue weighted by molar-refractivity contribution is 5.39. The van der Waals surface area contributed by atoms with Gasteiger partial charge in [-0.05, 0) is 12.5 Å². The van der Waals surface area contributed by atoms with Crippen LogP contribution in [0.5, 0.6) is 5.75 Å². The van der Waals surface area contributed by atoms with Crippen molar-refractivity contribution in [2.45, 2.75) is 26.2 Å². The van der Waals surface area contributed by atoms with Gasteiger partial charge in [0.1, 0.15) is 5.82 Å². The van der Waals surface area contributed by atoms with Crippen LogP contribution in [0.25, 0.3) is 0 Å². The van der Waals surface area contributed by atoms with E-state index in [2.05, 4.69) is 12.8 Å². The smallest absolute Gasteiger partial charge is 0.166 e. The second-order valence-electron chi connectivity index (χ2n) is 3.46. The average molecular weight is 224 g/mol. The van der Waals surface area contributed by atoms with Gasteiger partial charge in [0.15, 0.2) is 11.6 Å². The van der Waals surface area contributed by atoms with E-state index in [0.29, 0.717) is 6.61 Å². The van der Waals surface area contributed by atoms with Gasteiger partial charge in [-0.15, -0.1) is 6.42 Å². The Labute approximate surface area is 94.4 Å². The van der Waals surface area contributed by atoms with Crippen molar-refractivity contribution in [1.29, 1.82) is 0 Å². The molecule has 86 valence electrons. The number of hydrogen-bond acceptors (Lipinski definition) is 1. The molecule has 1 nitrogen and oxygen atoms in total. The molecule has 0 spiro atoms. The third-order valence-electron chi connectivity index (χ3n) is 2.18. The van der Waals surface area contributed by atoms with Gasteiger partial charge in [0, 0.05) is 6.07 Å². The first-order chi connectivity index (χ1) is 7.69. The number of unbranched alkanes of at least 4 members (excludes halogenated alkanes) is 2. The molecule has 0 aliphatic heterocycles. The lowest BCUT2D eigenvalue weighted by molar-refractivity contribution is 0.290. The summed E-state index contributed by atoms with van der Waals surface area (Å²) in [5, 5.41) is 0. The maximum absolute atomic E-state index is 13.3. The maximum Gasteiger partial charge on any atom is 0.166 e. The minimum absolute atomic E-state index is 0.0763. The Morgan fingerprint density at radius 2 is 2.00 bits per heavy atom. The van der Waals surface area contributed by atoms with Gasteiger partial charge in [-0.25, -0.2) is 8.78 Å². The summed E-state index contributed by atoms with van der Waals surface area (Å²) >= 11 is 0. The van der Waals surface area contributed by atoms with E-state index in [1.165, 1.54) is 0 Å². The fourth-order valence-corrected chi connectivity index (χ4v) is 1.28. The van der Waals surface area contributed by atoms with Crippen molar-refractivity contribution in [2.24, 2.45) is 0 Å². The number of halogens is 2. The van der Waals surface area contributed by atoms with E-state index in [1.807, 2.05) is 0 Å². The fraction of sp³-hybridized carbons (Fsp3) is 0.385. The van der Waals surface area contributed by atoms with E-state index in [-0.39, 0.29) is 11.3 Å². The van der Waals surface area contributed by atoms with Crippen LogP contribution in [-0.2, 0) is 0 Å². The Morgan fingerprint density at radius 1 is 1.25 bits per heavy atom.